The molecule has 0 radical (unpaired) electrons. The fraction of sp³-hybridized carbons (Fsp3) is 0.308. The molecule has 0 aliphatic carbocycles. The van der Waals surface area contributed by atoms with Gasteiger partial charge in [-0.1, -0.05) is 23.7 Å². The van der Waals surface area contributed by atoms with Crippen molar-refractivity contribution in [2.75, 3.05) is 18.0 Å². The fourth-order valence-corrected chi connectivity index (χ4v) is 2.37. The van der Waals surface area contributed by atoms with Crippen LogP contribution >= 0.6 is 11.6 Å². The van der Waals surface area contributed by atoms with E-state index in [1.807, 2.05) is 24.3 Å². The Hall–Kier alpha value is -1.52. The van der Waals surface area contributed by atoms with Gasteiger partial charge in [0.25, 0.3) is 0 Å². The molecule has 1 aromatic carbocycles. The van der Waals surface area contributed by atoms with Gasteiger partial charge in [0.05, 0.1) is 5.69 Å². The summed E-state index contributed by atoms with van der Waals surface area (Å²) in [5.41, 5.74) is 7.99. The lowest BCUT2D eigenvalue weighted by Gasteiger charge is -2.13. The average Bonchev–Trinajstić information content (AvgIpc) is 2.98. The van der Waals surface area contributed by atoms with Crippen molar-refractivity contribution in [1.82, 2.24) is 10.2 Å². The zero-order valence-corrected chi connectivity index (χ0v) is 10.7. The summed E-state index contributed by atoms with van der Waals surface area (Å²) in [6.07, 6.45) is 1.03. The van der Waals surface area contributed by atoms with E-state index in [1.54, 1.807) is 0 Å². The monoisotopic (exact) mass is 262 g/mol. The molecule has 2 aromatic rings. The number of hydrogen-bond acceptors (Lipinski definition) is 3. The number of nitrogens with one attached hydrogen (secondary N) is 1. The first kappa shape index (κ1) is 11.6. The minimum atomic E-state index is 0.265. The number of nitrogens with zero attached hydrogens (tertiary/aromatic N) is 2. The number of aromatic amines is 1. The maximum atomic E-state index is 5.90. The smallest absolute Gasteiger partial charge is 0.151 e. The minimum absolute atomic E-state index is 0.265. The molecule has 4 nitrogen and oxygen atoms in total. The molecule has 0 spiro atoms. The molecule has 5 heteroatoms. The van der Waals surface area contributed by atoms with Crippen molar-refractivity contribution < 1.29 is 0 Å². The summed E-state index contributed by atoms with van der Waals surface area (Å²) < 4.78 is 0. The lowest BCUT2D eigenvalue weighted by molar-refractivity contribution is 0.751. The van der Waals surface area contributed by atoms with Crippen LogP contribution in [0.3, 0.4) is 0 Å². The van der Waals surface area contributed by atoms with Crippen molar-refractivity contribution >= 4 is 17.4 Å². The molecular formula is C13H15ClN4. The van der Waals surface area contributed by atoms with Gasteiger partial charge in [-0.3, -0.25) is 5.10 Å². The van der Waals surface area contributed by atoms with Crippen LogP contribution in [-0.4, -0.2) is 29.3 Å². The summed E-state index contributed by atoms with van der Waals surface area (Å²) in [7, 11) is 0. The van der Waals surface area contributed by atoms with Crippen molar-refractivity contribution in [2.45, 2.75) is 12.5 Å². The molecular weight excluding hydrogens is 248 g/mol. The first-order valence-corrected chi connectivity index (χ1v) is 6.42. The van der Waals surface area contributed by atoms with Gasteiger partial charge in [0.2, 0.25) is 0 Å². The fourth-order valence-electron chi connectivity index (χ4n) is 2.25. The molecule has 1 saturated heterocycles. The molecule has 0 unspecified atom stereocenters. The second-order valence-electron chi connectivity index (χ2n) is 4.64. The SMILES string of the molecule is N[C@H]1CCN(c2cc(-c3ccc(Cl)cc3)[nH]n2)C1. The van der Waals surface area contributed by atoms with Crippen LogP contribution in [0.1, 0.15) is 6.42 Å². The molecule has 1 fully saturated rings. The summed E-state index contributed by atoms with van der Waals surface area (Å²) in [5.74, 6) is 0.966. The van der Waals surface area contributed by atoms with Gasteiger partial charge in [0.1, 0.15) is 0 Å². The summed E-state index contributed by atoms with van der Waals surface area (Å²) in [4.78, 5) is 2.21. The van der Waals surface area contributed by atoms with Crippen LogP contribution in [0.2, 0.25) is 5.02 Å². The molecule has 0 saturated carbocycles. The highest BCUT2D eigenvalue weighted by atomic mass is 35.5. The standard InChI is InChI=1S/C13H15ClN4/c14-10-3-1-9(2-4-10)12-7-13(17-16-12)18-6-5-11(15)8-18/h1-4,7,11H,5-6,8,15H2,(H,16,17)/t11-/m0/s1. The average molecular weight is 263 g/mol. The van der Waals surface area contributed by atoms with E-state index in [0.717, 1.165) is 41.6 Å². The van der Waals surface area contributed by atoms with Crippen molar-refractivity contribution in [3.63, 3.8) is 0 Å². The van der Waals surface area contributed by atoms with E-state index in [0.29, 0.717) is 0 Å². The van der Waals surface area contributed by atoms with E-state index < -0.39 is 0 Å². The molecule has 1 aliphatic heterocycles. The van der Waals surface area contributed by atoms with Crippen LogP contribution in [-0.2, 0) is 0 Å². The van der Waals surface area contributed by atoms with Gasteiger partial charge in [-0.25, -0.2) is 0 Å². The van der Waals surface area contributed by atoms with Gasteiger partial charge in [-0.05, 0) is 24.1 Å². The van der Waals surface area contributed by atoms with Gasteiger partial charge < -0.3 is 10.6 Å². The Labute approximate surface area is 111 Å². The Balaban J connectivity index is 1.83. The zero-order valence-electron chi connectivity index (χ0n) is 9.94. The van der Waals surface area contributed by atoms with Crippen molar-refractivity contribution in [3.05, 3.63) is 35.4 Å². The Bertz CT molecular complexity index is 534. The van der Waals surface area contributed by atoms with Crippen LogP contribution in [0.4, 0.5) is 5.82 Å². The third-order valence-electron chi connectivity index (χ3n) is 3.27. The van der Waals surface area contributed by atoms with Gasteiger partial charge in [0.15, 0.2) is 5.82 Å². The normalized spacial score (nSPS) is 19.4. The van der Waals surface area contributed by atoms with Crippen LogP contribution in [0.25, 0.3) is 11.3 Å². The molecule has 3 N–H and O–H groups in total. The van der Waals surface area contributed by atoms with Crippen molar-refractivity contribution in [2.24, 2.45) is 5.73 Å². The zero-order chi connectivity index (χ0) is 12.5. The number of H-pyrrole nitrogens is 1. The predicted molar refractivity (Wildman–Crippen MR) is 73.8 cm³/mol. The quantitative estimate of drug-likeness (QED) is 0.873. The number of rotatable bonds is 2. The number of anilines is 1. The Kier molecular flexibility index (Phi) is 2.97. The maximum absolute atomic E-state index is 5.90. The minimum Gasteiger partial charge on any atom is -0.354 e. The highest BCUT2D eigenvalue weighted by Crippen LogP contribution is 2.25. The molecule has 1 aliphatic rings. The van der Waals surface area contributed by atoms with E-state index in [4.69, 9.17) is 17.3 Å². The lowest BCUT2D eigenvalue weighted by atomic mass is 10.1. The summed E-state index contributed by atoms with van der Waals surface area (Å²) in [6.45, 7) is 1.86. The van der Waals surface area contributed by atoms with Gasteiger partial charge >= 0.3 is 0 Å². The van der Waals surface area contributed by atoms with Gasteiger partial charge in [-0.15, -0.1) is 0 Å². The number of benzene rings is 1. The third kappa shape index (κ3) is 2.21. The molecule has 94 valence electrons. The maximum Gasteiger partial charge on any atom is 0.151 e. The molecule has 2 heterocycles. The van der Waals surface area contributed by atoms with Gasteiger partial charge in [0, 0.05) is 30.2 Å². The molecule has 18 heavy (non-hydrogen) atoms. The number of halogens is 1. The highest BCUT2D eigenvalue weighted by Gasteiger charge is 2.21. The second-order valence-corrected chi connectivity index (χ2v) is 5.08. The van der Waals surface area contributed by atoms with Crippen LogP contribution in [0, 0.1) is 0 Å². The van der Waals surface area contributed by atoms with E-state index >= 15 is 0 Å². The predicted octanol–water partition coefficient (Wildman–Crippen LogP) is 2.27. The van der Waals surface area contributed by atoms with E-state index in [2.05, 4.69) is 21.2 Å². The summed E-state index contributed by atoms with van der Waals surface area (Å²) in [6, 6.07) is 10.0. The Morgan fingerprint density at radius 1 is 1.33 bits per heavy atom. The Morgan fingerprint density at radius 2 is 2.11 bits per heavy atom. The molecule has 1 atom stereocenters. The topological polar surface area (TPSA) is 57.9 Å². The highest BCUT2D eigenvalue weighted by molar-refractivity contribution is 6.30. The number of hydrogen-bond donors (Lipinski definition) is 2. The van der Waals surface area contributed by atoms with Crippen LogP contribution in [0.5, 0.6) is 0 Å². The van der Waals surface area contributed by atoms with Gasteiger partial charge in [-0.2, -0.15) is 5.10 Å². The number of aromatic nitrogens is 2. The molecule has 3 rings (SSSR count). The molecule has 1 aromatic heterocycles. The van der Waals surface area contributed by atoms with Crippen LogP contribution < -0.4 is 10.6 Å². The molecule has 0 bridgehead atoms. The number of nitrogens with two attached hydrogens (primary N) is 1. The van der Waals surface area contributed by atoms with Crippen molar-refractivity contribution in [3.8, 4) is 11.3 Å². The summed E-state index contributed by atoms with van der Waals surface area (Å²) in [5, 5.41) is 8.14. The second kappa shape index (κ2) is 4.63. The van der Waals surface area contributed by atoms with E-state index in [-0.39, 0.29) is 6.04 Å². The van der Waals surface area contributed by atoms with E-state index in [1.165, 1.54) is 0 Å². The first-order chi connectivity index (χ1) is 8.72. The van der Waals surface area contributed by atoms with Crippen LogP contribution in [0.15, 0.2) is 30.3 Å². The lowest BCUT2D eigenvalue weighted by Crippen LogP contribution is -2.26. The Morgan fingerprint density at radius 3 is 2.78 bits per heavy atom. The summed E-state index contributed by atoms with van der Waals surface area (Å²) >= 11 is 5.88. The van der Waals surface area contributed by atoms with E-state index in [9.17, 15) is 0 Å². The third-order valence-corrected chi connectivity index (χ3v) is 3.52. The first-order valence-electron chi connectivity index (χ1n) is 6.04. The van der Waals surface area contributed by atoms with Crippen molar-refractivity contribution in [1.29, 1.82) is 0 Å². The largest absolute Gasteiger partial charge is 0.354 e. The molecule has 0 amide bonds.